The Balaban J connectivity index is 1.61. The Labute approximate surface area is 193 Å². The van der Waals surface area contributed by atoms with Gasteiger partial charge in [0.25, 0.3) is 5.56 Å². The Morgan fingerprint density at radius 3 is 2.26 bits per heavy atom. The van der Waals surface area contributed by atoms with E-state index >= 15 is 0 Å². The highest BCUT2D eigenvalue weighted by molar-refractivity contribution is 5.15. The van der Waals surface area contributed by atoms with Crippen LogP contribution in [0.4, 0.5) is 8.78 Å². The number of aromatic nitrogens is 2. The SMILES string of the molecule is O=c1[nH]c(=O)n([C@@H]2O[C@](CF)(COCc3ccccc3)[C@@H](OCc3ccccc3)[C@H]2O)cc1F. The molecule has 0 bridgehead atoms. The molecule has 0 unspecified atom stereocenters. The summed E-state index contributed by atoms with van der Waals surface area (Å²) < 4.78 is 46.5. The first-order valence-electron chi connectivity index (χ1n) is 10.6. The topological polar surface area (TPSA) is 103 Å². The lowest BCUT2D eigenvalue weighted by molar-refractivity contribution is -0.165. The third-order valence-electron chi connectivity index (χ3n) is 5.63. The van der Waals surface area contributed by atoms with Crippen LogP contribution in [0.15, 0.2) is 76.4 Å². The predicted molar refractivity (Wildman–Crippen MR) is 117 cm³/mol. The molecule has 1 aliphatic heterocycles. The van der Waals surface area contributed by atoms with E-state index in [9.17, 15) is 23.5 Å². The third kappa shape index (κ3) is 5.00. The summed E-state index contributed by atoms with van der Waals surface area (Å²) in [5.41, 5.74) is -2.42. The van der Waals surface area contributed by atoms with Crippen molar-refractivity contribution < 1.29 is 28.1 Å². The number of aliphatic hydroxyl groups is 1. The second-order valence-electron chi connectivity index (χ2n) is 8.04. The van der Waals surface area contributed by atoms with Crippen molar-refractivity contribution >= 4 is 0 Å². The molecule has 34 heavy (non-hydrogen) atoms. The van der Waals surface area contributed by atoms with Gasteiger partial charge in [-0.05, 0) is 11.1 Å². The number of rotatable bonds is 9. The largest absolute Gasteiger partial charge is 0.386 e. The fourth-order valence-corrected chi connectivity index (χ4v) is 3.90. The number of benzene rings is 2. The third-order valence-corrected chi connectivity index (χ3v) is 5.63. The molecule has 2 N–H and O–H groups in total. The summed E-state index contributed by atoms with van der Waals surface area (Å²) in [6.45, 7) is -1.26. The Kier molecular flexibility index (Phi) is 7.32. The van der Waals surface area contributed by atoms with Gasteiger partial charge in [0, 0.05) is 0 Å². The number of halogens is 2. The van der Waals surface area contributed by atoms with Gasteiger partial charge in [-0.3, -0.25) is 14.3 Å². The van der Waals surface area contributed by atoms with E-state index in [0.717, 1.165) is 11.1 Å². The summed E-state index contributed by atoms with van der Waals surface area (Å²) >= 11 is 0. The van der Waals surface area contributed by atoms with Crippen LogP contribution in [0.5, 0.6) is 0 Å². The van der Waals surface area contributed by atoms with Crippen molar-refractivity contribution in [1.29, 1.82) is 0 Å². The number of aromatic amines is 1. The smallest absolute Gasteiger partial charge is 0.330 e. The normalized spacial score (nSPS) is 24.4. The Morgan fingerprint density at radius 1 is 1.03 bits per heavy atom. The van der Waals surface area contributed by atoms with Gasteiger partial charge in [0.15, 0.2) is 11.8 Å². The van der Waals surface area contributed by atoms with E-state index in [1.165, 1.54) is 0 Å². The van der Waals surface area contributed by atoms with Crippen molar-refractivity contribution in [1.82, 2.24) is 9.55 Å². The maximum Gasteiger partial charge on any atom is 0.330 e. The number of ether oxygens (including phenoxy) is 3. The van der Waals surface area contributed by atoms with Crippen LogP contribution in [0.3, 0.4) is 0 Å². The first kappa shape index (κ1) is 24.0. The van der Waals surface area contributed by atoms with Gasteiger partial charge in [0.2, 0.25) is 5.82 Å². The van der Waals surface area contributed by atoms with Crippen LogP contribution in [-0.4, -0.2) is 45.7 Å². The summed E-state index contributed by atoms with van der Waals surface area (Å²) in [5, 5.41) is 11.0. The molecule has 8 nitrogen and oxygen atoms in total. The Morgan fingerprint density at radius 2 is 1.65 bits per heavy atom. The molecule has 0 spiro atoms. The van der Waals surface area contributed by atoms with Crippen LogP contribution in [0, 0.1) is 5.82 Å². The van der Waals surface area contributed by atoms with Gasteiger partial charge >= 0.3 is 5.69 Å². The van der Waals surface area contributed by atoms with Crippen LogP contribution in [-0.2, 0) is 27.4 Å². The van der Waals surface area contributed by atoms with Gasteiger partial charge in [-0.15, -0.1) is 0 Å². The van der Waals surface area contributed by atoms with Gasteiger partial charge in [0.1, 0.15) is 18.9 Å². The van der Waals surface area contributed by atoms with Gasteiger partial charge < -0.3 is 19.3 Å². The summed E-state index contributed by atoms with van der Waals surface area (Å²) in [5.74, 6) is -1.25. The number of H-pyrrole nitrogens is 1. The van der Waals surface area contributed by atoms with Gasteiger partial charge in [0.05, 0.1) is 26.0 Å². The first-order valence-corrected chi connectivity index (χ1v) is 10.6. The number of aliphatic hydroxyl groups excluding tert-OH is 1. The minimum Gasteiger partial charge on any atom is -0.386 e. The monoisotopic (exact) mass is 474 g/mol. The van der Waals surface area contributed by atoms with Crippen molar-refractivity contribution in [3.63, 3.8) is 0 Å². The zero-order chi connectivity index (χ0) is 24.1. The molecule has 1 fully saturated rings. The van der Waals surface area contributed by atoms with Crippen molar-refractivity contribution in [3.8, 4) is 0 Å². The summed E-state index contributed by atoms with van der Waals surface area (Å²) in [6, 6.07) is 18.2. The van der Waals surface area contributed by atoms with Crippen molar-refractivity contribution in [2.24, 2.45) is 0 Å². The molecule has 4 atom stereocenters. The average Bonchev–Trinajstić information content (AvgIpc) is 3.13. The van der Waals surface area contributed by atoms with Crippen LogP contribution in [0.1, 0.15) is 17.4 Å². The lowest BCUT2D eigenvalue weighted by Gasteiger charge is -2.31. The number of nitrogens with zero attached hydrogens (tertiary/aromatic N) is 1. The fraction of sp³-hybridized carbons (Fsp3) is 0.333. The van der Waals surface area contributed by atoms with Crippen molar-refractivity contribution in [2.45, 2.75) is 37.3 Å². The van der Waals surface area contributed by atoms with Gasteiger partial charge in [-0.2, -0.15) is 4.39 Å². The molecular formula is C24H24F2N2O6. The fourth-order valence-electron chi connectivity index (χ4n) is 3.90. The van der Waals surface area contributed by atoms with E-state index in [1.807, 2.05) is 41.4 Å². The molecule has 10 heteroatoms. The van der Waals surface area contributed by atoms with Crippen molar-refractivity contribution in [3.05, 3.63) is 105 Å². The molecular weight excluding hydrogens is 450 g/mol. The summed E-state index contributed by atoms with van der Waals surface area (Å²) in [4.78, 5) is 25.5. The Hall–Kier alpha value is -3.18. The quantitative estimate of drug-likeness (QED) is 0.492. The predicted octanol–water partition coefficient (Wildman–Crippen LogP) is 2.08. The molecule has 1 aliphatic rings. The minimum atomic E-state index is -1.79. The van der Waals surface area contributed by atoms with E-state index in [0.29, 0.717) is 10.8 Å². The molecule has 1 aromatic heterocycles. The molecule has 0 amide bonds. The van der Waals surface area contributed by atoms with E-state index in [4.69, 9.17) is 14.2 Å². The molecule has 0 radical (unpaired) electrons. The molecule has 0 aliphatic carbocycles. The molecule has 0 saturated carbocycles. The van der Waals surface area contributed by atoms with E-state index < -0.39 is 47.8 Å². The van der Waals surface area contributed by atoms with Gasteiger partial charge in [-0.1, -0.05) is 60.7 Å². The molecule has 1 saturated heterocycles. The molecule has 2 heterocycles. The van der Waals surface area contributed by atoms with Crippen LogP contribution in [0.2, 0.25) is 0 Å². The molecule has 4 rings (SSSR count). The zero-order valence-corrected chi connectivity index (χ0v) is 18.1. The zero-order valence-electron chi connectivity index (χ0n) is 18.1. The first-order chi connectivity index (χ1) is 16.4. The van der Waals surface area contributed by atoms with Crippen molar-refractivity contribution in [2.75, 3.05) is 13.3 Å². The lowest BCUT2D eigenvalue weighted by Crippen LogP contribution is -2.50. The molecule has 2 aromatic carbocycles. The van der Waals surface area contributed by atoms with Crippen LogP contribution in [0.25, 0.3) is 0 Å². The number of alkyl halides is 1. The van der Waals surface area contributed by atoms with E-state index in [-0.39, 0.29) is 19.8 Å². The Bertz CT molecular complexity index is 1200. The highest BCUT2D eigenvalue weighted by atomic mass is 19.1. The second kappa shape index (κ2) is 10.4. The summed E-state index contributed by atoms with van der Waals surface area (Å²) in [7, 11) is 0. The maximum absolute atomic E-state index is 14.5. The van der Waals surface area contributed by atoms with Crippen LogP contribution >= 0.6 is 0 Å². The highest BCUT2D eigenvalue weighted by Crippen LogP contribution is 2.40. The molecule has 3 aromatic rings. The number of hydrogen-bond acceptors (Lipinski definition) is 6. The van der Waals surface area contributed by atoms with Crippen LogP contribution < -0.4 is 11.2 Å². The van der Waals surface area contributed by atoms with E-state index in [2.05, 4.69) is 0 Å². The van der Waals surface area contributed by atoms with Gasteiger partial charge in [-0.25, -0.2) is 9.18 Å². The van der Waals surface area contributed by atoms with E-state index in [1.54, 1.807) is 24.3 Å². The number of nitrogens with one attached hydrogen (secondary N) is 1. The summed E-state index contributed by atoms with van der Waals surface area (Å²) in [6.07, 6.45) is -3.73. The maximum atomic E-state index is 14.5. The minimum absolute atomic E-state index is 0.0218. The second-order valence-corrected chi connectivity index (χ2v) is 8.04. The number of hydrogen-bond donors (Lipinski definition) is 2. The average molecular weight is 474 g/mol. The standard InChI is InChI=1S/C24H24F2N2O6/c25-14-24(15-32-12-16-7-3-1-4-8-16)20(33-13-17-9-5-2-6-10-17)19(29)22(34-24)28-11-18(26)21(30)27-23(28)31/h1-11,19-20,22,29H,12-15H2,(H,27,30,31)/t19-,20+,22-,24-/m1/s1. The highest BCUT2D eigenvalue weighted by Gasteiger charge is 2.57. The lowest BCUT2D eigenvalue weighted by atomic mass is 9.97. The molecule has 180 valence electrons.